The first kappa shape index (κ1) is 16.1. The number of likely N-dealkylation sites (tertiary alicyclic amines) is 2. The quantitative estimate of drug-likeness (QED) is 0.922. The molecule has 132 valence electrons. The molecule has 0 unspecified atom stereocenters. The molecule has 2 aliphatic heterocycles. The first-order valence-corrected chi connectivity index (χ1v) is 9.80. The number of nitrogens with zero attached hydrogens (tertiary/aromatic N) is 3. The molecule has 1 saturated carbocycles. The Balaban J connectivity index is 1.20. The number of aromatic nitrogens is 2. The fourth-order valence-corrected chi connectivity index (χ4v) is 4.71. The number of nitrogens with one attached hydrogen (secondary N) is 1. The predicted molar refractivity (Wildman–Crippen MR) is 93.5 cm³/mol. The third-order valence-corrected chi connectivity index (χ3v) is 6.31. The summed E-state index contributed by atoms with van der Waals surface area (Å²) in [5.41, 5.74) is 0. The van der Waals surface area contributed by atoms with Gasteiger partial charge in [0.05, 0.1) is 5.92 Å². The fourth-order valence-electron chi connectivity index (χ4n) is 4.71. The van der Waals surface area contributed by atoms with E-state index in [1.54, 1.807) is 0 Å². The average Bonchev–Trinajstić information content (AvgIpc) is 3.08. The molecule has 5 nitrogen and oxygen atoms in total. The minimum atomic E-state index is 0.272. The molecule has 5 heteroatoms. The molecular weight excluding hydrogens is 300 g/mol. The Morgan fingerprint density at radius 2 is 1.88 bits per heavy atom. The lowest BCUT2D eigenvalue weighted by molar-refractivity contribution is -0.144. The van der Waals surface area contributed by atoms with Crippen LogP contribution in [0.25, 0.3) is 0 Å². The van der Waals surface area contributed by atoms with Crippen molar-refractivity contribution in [2.24, 2.45) is 11.8 Å². The van der Waals surface area contributed by atoms with E-state index in [1.807, 2.05) is 12.4 Å². The second kappa shape index (κ2) is 7.26. The van der Waals surface area contributed by atoms with Crippen molar-refractivity contribution in [1.82, 2.24) is 19.8 Å². The fraction of sp³-hybridized carbons (Fsp3) is 0.789. The number of carbonyl (C=O) groups excluding carboxylic acids is 1. The molecule has 1 aromatic rings. The van der Waals surface area contributed by atoms with E-state index < -0.39 is 0 Å². The number of hydrogen-bond donors (Lipinski definition) is 1. The number of piperidine rings is 1. The van der Waals surface area contributed by atoms with Crippen LogP contribution in [-0.2, 0) is 11.2 Å². The summed E-state index contributed by atoms with van der Waals surface area (Å²) in [6.45, 7) is 3.89. The van der Waals surface area contributed by atoms with Crippen molar-refractivity contribution in [3.63, 3.8) is 0 Å². The molecule has 1 aliphatic carbocycles. The molecular formula is C19H30N4O. The van der Waals surface area contributed by atoms with Crippen LogP contribution in [0.15, 0.2) is 12.4 Å². The van der Waals surface area contributed by atoms with Gasteiger partial charge in [-0.2, -0.15) is 0 Å². The number of hydrogen-bond acceptors (Lipinski definition) is 3. The Morgan fingerprint density at radius 1 is 1.12 bits per heavy atom. The smallest absolute Gasteiger partial charge is 0.228 e. The topological polar surface area (TPSA) is 52.2 Å². The molecule has 24 heavy (non-hydrogen) atoms. The number of aromatic amines is 1. The maximum Gasteiger partial charge on any atom is 0.228 e. The predicted octanol–water partition coefficient (Wildman–Crippen LogP) is 2.46. The summed E-state index contributed by atoms with van der Waals surface area (Å²) in [7, 11) is 0. The summed E-state index contributed by atoms with van der Waals surface area (Å²) in [6.07, 6.45) is 13.8. The highest BCUT2D eigenvalue weighted by Gasteiger charge is 2.39. The Kier molecular flexibility index (Phi) is 4.88. The lowest BCUT2D eigenvalue weighted by atomic mass is 9.87. The zero-order chi connectivity index (χ0) is 16.4. The SMILES string of the molecule is O=C(C1CN(C2CCCCC2)C1)N1CCC(Cc2ncc[nH]2)CC1. The van der Waals surface area contributed by atoms with Crippen LogP contribution in [0.4, 0.5) is 0 Å². The van der Waals surface area contributed by atoms with Crippen molar-refractivity contribution < 1.29 is 4.79 Å². The van der Waals surface area contributed by atoms with Gasteiger partial charge in [0.1, 0.15) is 5.82 Å². The third-order valence-electron chi connectivity index (χ3n) is 6.31. The Bertz CT molecular complexity index is 524. The summed E-state index contributed by atoms with van der Waals surface area (Å²) in [5, 5.41) is 0. The van der Waals surface area contributed by atoms with Gasteiger partial charge in [-0.15, -0.1) is 0 Å². The van der Waals surface area contributed by atoms with Gasteiger partial charge in [0.2, 0.25) is 5.91 Å². The molecule has 3 aliphatic rings. The van der Waals surface area contributed by atoms with Crippen LogP contribution >= 0.6 is 0 Å². The van der Waals surface area contributed by atoms with E-state index in [2.05, 4.69) is 19.8 Å². The third kappa shape index (κ3) is 3.51. The number of H-pyrrole nitrogens is 1. The van der Waals surface area contributed by atoms with Crippen molar-refractivity contribution in [2.45, 2.75) is 57.4 Å². The van der Waals surface area contributed by atoms with Gasteiger partial charge in [-0.1, -0.05) is 19.3 Å². The van der Waals surface area contributed by atoms with E-state index in [0.717, 1.165) is 57.3 Å². The maximum atomic E-state index is 12.7. The van der Waals surface area contributed by atoms with E-state index in [-0.39, 0.29) is 5.92 Å². The average molecular weight is 330 g/mol. The molecule has 0 aromatic carbocycles. The Hall–Kier alpha value is -1.36. The standard InChI is InChI=1S/C19H30N4O/c24-19(16-13-23(14-16)17-4-2-1-3-5-17)22-10-6-15(7-11-22)12-18-20-8-9-21-18/h8-9,15-17H,1-7,10-14H2,(H,20,21). The van der Waals surface area contributed by atoms with E-state index >= 15 is 0 Å². The van der Waals surface area contributed by atoms with Crippen molar-refractivity contribution in [3.8, 4) is 0 Å². The van der Waals surface area contributed by atoms with Gasteiger partial charge in [0.25, 0.3) is 0 Å². The zero-order valence-corrected chi connectivity index (χ0v) is 14.6. The summed E-state index contributed by atoms with van der Waals surface area (Å²) in [6, 6.07) is 0.766. The molecule has 3 fully saturated rings. The minimum absolute atomic E-state index is 0.272. The molecule has 0 radical (unpaired) electrons. The molecule has 2 saturated heterocycles. The minimum Gasteiger partial charge on any atom is -0.349 e. The highest BCUT2D eigenvalue weighted by atomic mass is 16.2. The van der Waals surface area contributed by atoms with Crippen LogP contribution in [0, 0.1) is 11.8 Å². The van der Waals surface area contributed by atoms with E-state index in [0.29, 0.717) is 11.8 Å². The van der Waals surface area contributed by atoms with Crippen LogP contribution in [-0.4, -0.2) is 57.9 Å². The Labute approximate surface area is 144 Å². The van der Waals surface area contributed by atoms with Crippen molar-refractivity contribution in [1.29, 1.82) is 0 Å². The van der Waals surface area contributed by atoms with Gasteiger partial charge in [-0.25, -0.2) is 4.98 Å². The molecule has 0 spiro atoms. The molecule has 1 aromatic heterocycles. The first-order chi connectivity index (χ1) is 11.8. The number of rotatable bonds is 4. The monoisotopic (exact) mass is 330 g/mol. The van der Waals surface area contributed by atoms with Crippen molar-refractivity contribution >= 4 is 5.91 Å². The van der Waals surface area contributed by atoms with E-state index in [9.17, 15) is 4.79 Å². The Morgan fingerprint density at radius 3 is 2.54 bits per heavy atom. The normalized spacial score (nSPS) is 24.9. The van der Waals surface area contributed by atoms with Gasteiger partial charge in [-0.05, 0) is 31.6 Å². The number of amides is 1. The van der Waals surface area contributed by atoms with Gasteiger partial charge in [0, 0.05) is 51.0 Å². The summed E-state index contributed by atoms with van der Waals surface area (Å²) in [5.74, 6) is 2.44. The van der Waals surface area contributed by atoms with Gasteiger partial charge < -0.3 is 9.88 Å². The maximum absolute atomic E-state index is 12.7. The van der Waals surface area contributed by atoms with Gasteiger partial charge in [0.15, 0.2) is 0 Å². The van der Waals surface area contributed by atoms with Gasteiger partial charge >= 0.3 is 0 Å². The van der Waals surface area contributed by atoms with Crippen molar-refractivity contribution in [3.05, 3.63) is 18.2 Å². The second-order valence-electron chi connectivity index (χ2n) is 7.95. The molecule has 0 atom stereocenters. The summed E-state index contributed by atoms with van der Waals surface area (Å²) >= 11 is 0. The number of imidazole rings is 1. The van der Waals surface area contributed by atoms with Crippen LogP contribution in [0.5, 0.6) is 0 Å². The molecule has 1 amide bonds. The lowest BCUT2D eigenvalue weighted by Crippen LogP contribution is -2.58. The highest BCUT2D eigenvalue weighted by Crippen LogP contribution is 2.30. The van der Waals surface area contributed by atoms with E-state index in [4.69, 9.17) is 0 Å². The highest BCUT2D eigenvalue weighted by molar-refractivity contribution is 5.80. The van der Waals surface area contributed by atoms with Crippen molar-refractivity contribution in [2.75, 3.05) is 26.2 Å². The van der Waals surface area contributed by atoms with Crippen LogP contribution in [0.1, 0.15) is 50.8 Å². The zero-order valence-electron chi connectivity index (χ0n) is 14.6. The largest absolute Gasteiger partial charge is 0.349 e. The molecule has 3 heterocycles. The van der Waals surface area contributed by atoms with Gasteiger partial charge in [-0.3, -0.25) is 9.69 Å². The number of carbonyl (C=O) groups is 1. The first-order valence-electron chi connectivity index (χ1n) is 9.80. The van der Waals surface area contributed by atoms with Crippen LogP contribution in [0.3, 0.4) is 0 Å². The van der Waals surface area contributed by atoms with Crippen LogP contribution in [0.2, 0.25) is 0 Å². The molecule has 4 rings (SSSR count). The molecule has 1 N–H and O–H groups in total. The summed E-state index contributed by atoms with van der Waals surface area (Å²) < 4.78 is 0. The summed E-state index contributed by atoms with van der Waals surface area (Å²) in [4.78, 5) is 24.9. The van der Waals surface area contributed by atoms with E-state index in [1.165, 1.54) is 32.1 Å². The second-order valence-corrected chi connectivity index (χ2v) is 7.95. The molecule has 0 bridgehead atoms. The van der Waals surface area contributed by atoms with Crippen LogP contribution < -0.4 is 0 Å². The lowest BCUT2D eigenvalue weighted by Gasteiger charge is -2.47.